The number of hydrogen-bond acceptors (Lipinski definition) is 7. The van der Waals surface area contributed by atoms with Gasteiger partial charge in [-0.15, -0.1) is 5.10 Å². The summed E-state index contributed by atoms with van der Waals surface area (Å²) in [5.74, 6) is 0.681. The standard InChI is InChI=1S/C18H14Cl2N6O3S/c1-28-13-6-9-12(7-14(13)29-2)21-15(17(27)22-18-23-25-26-24-18)16(9)30-8-3-4-10(19)11(20)5-8/h3-7,21H,1-2H3,(H2,22,23,24,25,26,27). The molecule has 2 aromatic heterocycles. The zero-order valence-corrected chi connectivity index (χ0v) is 17.9. The molecule has 9 nitrogen and oxygen atoms in total. The van der Waals surface area contributed by atoms with Gasteiger partial charge in [-0.05, 0) is 29.5 Å². The number of ether oxygens (including phenoxy) is 2. The number of amides is 1. The van der Waals surface area contributed by atoms with Crippen molar-refractivity contribution in [3.05, 3.63) is 46.1 Å². The first-order valence-corrected chi connectivity index (χ1v) is 10.0. The Kier molecular flexibility index (Phi) is 5.71. The van der Waals surface area contributed by atoms with Crippen LogP contribution in [-0.4, -0.2) is 45.7 Å². The number of methoxy groups -OCH3 is 2. The first-order valence-electron chi connectivity index (χ1n) is 8.45. The molecule has 3 N–H and O–H groups in total. The van der Waals surface area contributed by atoms with E-state index in [0.717, 1.165) is 10.3 Å². The van der Waals surface area contributed by atoms with Gasteiger partial charge in [-0.3, -0.25) is 10.1 Å². The van der Waals surface area contributed by atoms with Crippen molar-refractivity contribution in [1.82, 2.24) is 25.6 Å². The maximum atomic E-state index is 12.9. The second-order valence-corrected chi connectivity index (χ2v) is 7.85. The number of anilines is 1. The molecule has 0 aliphatic heterocycles. The molecule has 0 spiro atoms. The fourth-order valence-corrected chi connectivity index (χ4v) is 4.24. The predicted octanol–water partition coefficient (Wildman–Crippen LogP) is 4.41. The number of aromatic nitrogens is 5. The largest absolute Gasteiger partial charge is 0.493 e. The number of rotatable bonds is 6. The average molecular weight is 465 g/mol. The molecular weight excluding hydrogens is 451 g/mol. The third-order valence-corrected chi connectivity index (χ3v) is 6.02. The van der Waals surface area contributed by atoms with Crippen LogP contribution in [0.4, 0.5) is 5.95 Å². The smallest absolute Gasteiger partial charge is 0.275 e. The summed E-state index contributed by atoms with van der Waals surface area (Å²) in [5, 5.41) is 17.5. The number of fused-ring (bicyclic) bond motifs is 1. The normalized spacial score (nSPS) is 10.9. The highest BCUT2D eigenvalue weighted by Crippen LogP contribution is 2.42. The van der Waals surface area contributed by atoms with E-state index in [1.807, 2.05) is 6.07 Å². The van der Waals surface area contributed by atoms with E-state index < -0.39 is 5.91 Å². The molecule has 0 atom stereocenters. The van der Waals surface area contributed by atoms with Crippen molar-refractivity contribution in [3.8, 4) is 11.5 Å². The van der Waals surface area contributed by atoms with E-state index in [9.17, 15) is 4.79 Å². The molecule has 0 radical (unpaired) electrons. The summed E-state index contributed by atoms with van der Waals surface area (Å²) in [5.41, 5.74) is 0.995. The topological polar surface area (TPSA) is 118 Å². The van der Waals surface area contributed by atoms with Gasteiger partial charge in [0, 0.05) is 16.3 Å². The van der Waals surface area contributed by atoms with Crippen LogP contribution in [-0.2, 0) is 0 Å². The second kappa shape index (κ2) is 8.42. The quantitative estimate of drug-likeness (QED) is 0.386. The van der Waals surface area contributed by atoms with Gasteiger partial charge in [0.25, 0.3) is 11.9 Å². The lowest BCUT2D eigenvalue weighted by Crippen LogP contribution is -2.14. The first-order chi connectivity index (χ1) is 14.5. The minimum absolute atomic E-state index is 0.0549. The van der Waals surface area contributed by atoms with Gasteiger partial charge in [0.2, 0.25) is 0 Å². The molecule has 12 heteroatoms. The average Bonchev–Trinajstić information content (AvgIpc) is 3.37. The Morgan fingerprint density at radius 1 is 1.10 bits per heavy atom. The molecule has 0 bridgehead atoms. The maximum absolute atomic E-state index is 12.9. The number of nitrogens with zero attached hydrogens (tertiary/aromatic N) is 3. The fourth-order valence-electron chi connectivity index (χ4n) is 2.80. The summed E-state index contributed by atoms with van der Waals surface area (Å²) in [6.07, 6.45) is 0. The Morgan fingerprint density at radius 3 is 2.53 bits per heavy atom. The molecule has 2 aromatic carbocycles. The summed E-state index contributed by atoms with van der Waals surface area (Å²) in [6.45, 7) is 0. The molecule has 0 unspecified atom stereocenters. The molecule has 0 aliphatic carbocycles. The third kappa shape index (κ3) is 3.89. The van der Waals surface area contributed by atoms with Crippen LogP contribution in [0.5, 0.6) is 11.5 Å². The summed E-state index contributed by atoms with van der Waals surface area (Å²) in [4.78, 5) is 17.5. The van der Waals surface area contributed by atoms with E-state index in [1.54, 1.807) is 38.5 Å². The molecule has 0 saturated heterocycles. The number of aromatic amines is 2. The van der Waals surface area contributed by atoms with Gasteiger partial charge in [-0.1, -0.05) is 40.1 Å². The lowest BCUT2D eigenvalue weighted by atomic mass is 10.2. The van der Waals surface area contributed by atoms with E-state index in [2.05, 4.69) is 30.9 Å². The van der Waals surface area contributed by atoms with Gasteiger partial charge < -0.3 is 14.5 Å². The molecule has 30 heavy (non-hydrogen) atoms. The van der Waals surface area contributed by atoms with Crippen LogP contribution in [0, 0.1) is 0 Å². The minimum atomic E-state index is -0.437. The van der Waals surface area contributed by atoms with Crippen molar-refractivity contribution in [2.24, 2.45) is 0 Å². The lowest BCUT2D eigenvalue weighted by molar-refractivity contribution is 0.101. The Morgan fingerprint density at radius 2 is 1.87 bits per heavy atom. The lowest BCUT2D eigenvalue weighted by Gasteiger charge is -2.08. The highest BCUT2D eigenvalue weighted by molar-refractivity contribution is 7.99. The van der Waals surface area contributed by atoms with Crippen LogP contribution in [0.2, 0.25) is 10.0 Å². The predicted molar refractivity (Wildman–Crippen MR) is 114 cm³/mol. The summed E-state index contributed by atoms with van der Waals surface area (Å²) < 4.78 is 10.8. The number of halogens is 2. The minimum Gasteiger partial charge on any atom is -0.493 e. The molecule has 0 fully saturated rings. The SMILES string of the molecule is COc1cc2[nH]c(C(=O)Nc3nn[nH]n3)c(Sc3ccc(Cl)c(Cl)c3)c2cc1OC. The Balaban J connectivity index is 1.84. The van der Waals surface area contributed by atoms with Crippen LogP contribution in [0.25, 0.3) is 10.9 Å². The number of carbonyl (C=O) groups is 1. The van der Waals surface area contributed by atoms with Crippen LogP contribution in [0.15, 0.2) is 40.1 Å². The van der Waals surface area contributed by atoms with Crippen LogP contribution < -0.4 is 14.8 Å². The van der Waals surface area contributed by atoms with Crippen molar-refractivity contribution in [2.45, 2.75) is 9.79 Å². The van der Waals surface area contributed by atoms with Gasteiger partial charge in [-0.25, -0.2) is 0 Å². The van der Waals surface area contributed by atoms with Crippen molar-refractivity contribution in [3.63, 3.8) is 0 Å². The molecule has 0 aliphatic rings. The fraction of sp³-hybridized carbons (Fsp3) is 0.111. The molecule has 154 valence electrons. The van der Waals surface area contributed by atoms with Gasteiger partial charge in [0.15, 0.2) is 11.5 Å². The van der Waals surface area contributed by atoms with Gasteiger partial charge in [0.1, 0.15) is 5.69 Å². The van der Waals surface area contributed by atoms with Crippen molar-refractivity contribution in [2.75, 3.05) is 19.5 Å². The Hall–Kier alpha value is -2.95. The number of hydrogen-bond donors (Lipinski definition) is 3. The number of H-pyrrole nitrogens is 2. The van der Waals surface area contributed by atoms with E-state index in [4.69, 9.17) is 32.7 Å². The van der Waals surface area contributed by atoms with Crippen molar-refractivity contribution >= 4 is 57.7 Å². The van der Waals surface area contributed by atoms with Gasteiger partial charge in [-0.2, -0.15) is 5.21 Å². The summed E-state index contributed by atoms with van der Waals surface area (Å²) in [7, 11) is 3.09. The molecule has 1 amide bonds. The highest BCUT2D eigenvalue weighted by Gasteiger charge is 2.22. The first kappa shape index (κ1) is 20.3. The van der Waals surface area contributed by atoms with E-state index >= 15 is 0 Å². The summed E-state index contributed by atoms with van der Waals surface area (Å²) in [6, 6.07) is 8.81. The van der Waals surface area contributed by atoms with Crippen LogP contribution >= 0.6 is 35.0 Å². The summed E-state index contributed by atoms with van der Waals surface area (Å²) >= 11 is 13.5. The van der Waals surface area contributed by atoms with E-state index in [0.29, 0.717) is 37.7 Å². The van der Waals surface area contributed by atoms with E-state index in [1.165, 1.54) is 11.8 Å². The number of nitrogens with one attached hydrogen (secondary N) is 3. The Bertz CT molecular complexity index is 1230. The number of tetrazole rings is 1. The van der Waals surface area contributed by atoms with Crippen molar-refractivity contribution in [1.29, 1.82) is 0 Å². The van der Waals surface area contributed by atoms with Crippen molar-refractivity contribution < 1.29 is 14.3 Å². The molecule has 4 rings (SSSR count). The number of carbonyl (C=O) groups excluding carboxylic acids is 1. The zero-order chi connectivity index (χ0) is 21.3. The van der Waals surface area contributed by atoms with Crippen LogP contribution in [0.3, 0.4) is 0 Å². The zero-order valence-electron chi connectivity index (χ0n) is 15.6. The maximum Gasteiger partial charge on any atom is 0.275 e. The van der Waals surface area contributed by atoms with Gasteiger partial charge >= 0.3 is 0 Å². The second-order valence-electron chi connectivity index (χ2n) is 5.95. The highest BCUT2D eigenvalue weighted by atomic mass is 35.5. The third-order valence-electron chi connectivity index (χ3n) is 4.16. The monoisotopic (exact) mass is 464 g/mol. The number of benzene rings is 2. The molecule has 2 heterocycles. The molecule has 4 aromatic rings. The Labute approximate surface area is 184 Å². The molecule has 0 saturated carbocycles. The molecular formula is C18H14Cl2N6O3S. The van der Waals surface area contributed by atoms with Gasteiger partial charge in [0.05, 0.1) is 34.7 Å². The van der Waals surface area contributed by atoms with E-state index in [-0.39, 0.29) is 5.95 Å². The van der Waals surface area contributed by atoms with Crippen LogP contribution in [0.1, 0.15) is 10.5 Å².